The molecule has 1 aromatic heterocycles. The van der Waals surface area contributed by atoms with Gasteiger partial charge in [-0.2, -0.15) is 0 Å². The number of nitrogens with zero attached hydrogens (tertiary/aromatic N) is 2. The number of hydrogen-bond donors (Lipinski definition) is 1. The van der Waals surface area contributed by atoms with Crippen LogP contribution in [0.1, 0.15) is 49.3 Å². The number of rotatable bonds is 7. The molecule has 1 atom stereocenters. The van der Waals surface area contributed by atoms with E-state index in [0.717, 1.165) is 30.5 Å². The summed E-state index contributed by atoms with van der Waals surface area (Å²) in [7, 11) is 0. The van der Waals surface area contributed by atoms with Gasteiger partial charge in [0.2, 0.25) is 5.91 Å². The summed E-state index contributed by atoms with van der Waals surface area (Å²) in [5.74, 6) is 0.320. The lowest BCUT2D eigenvalue weighted by Crippen LogP contribution is -2.34. The third-order valence-corrected chi connectivity index (χ3v) is 4.47. The fourth-order valence-corrected chi connectivity index (χ4v) is 2.89. The Kier molecular flexibility index (Phi) is 5.08. The van der Waals surface area contributed by atoms with Gasteiger partial charge in [0.15, 0.2) is 0 Å². The average Bonchev–Trinajstić information content (AvgIpc) is 3.43. The number of nitrogens with one attached hydrogen (secondary N) is 1. The SMILES string of the molecule is CC[C@H](C(=O)NCCn1cnc(C2CC2)cc1=O)c1ccccc1. The van der Waals surface area contributed by atoms with Gasteiger partial charge < -0.3 is 5.32 Å². The summed E-state index contributed by atoms with van der Waals surface area (Å²) in [5, 5.41) is 2.93. The van der Waals surface area contributed by atoms with Crippen molar-refractivity contribution in [3.05, 3.63) is 64.3 Å². The second-order valence-electron chi connectivity index (χ2n) is 6.28. The molecule has 1 aliphatic rings. The first kappa shape index (κ1) is 16.4. The third kappa shape index (κ3) is 3.91. The first-order chi connectivity index (χ1) is 11.7. The van der Waals surface area contributed by atoms with Gasteiger partial charge in [-0.15, -0.1) is 0 Å². The summed E-state index contributed by atoms with van der Waals surface area (Å²) < 4.78 is 1.55. The monoisotopic (exact) mass is 325 g/mol. The van der Waals surface area contributed by atoms with Gasteiger partial charge in [-0.1, -0.05) is 37.3 Å². The van der Waals surface area contributed by atoms with Gasteiger partial charge in [0.05, 0.1) is 17.9 Å². The first-order valence-electron chi connectivity index (χ1n) is 8.58. The molecular weight excluding hydrogens is 302 g/mol. The van der Waals surface area contributed by atoms with Crippen LogP contribution in [0.25, 0.3) is 0 Å². The van der Waals surface area contributed by atoms with Crippen LogP contribution in [0.3, 0.4) is 0 Å². The van der Waals surface area contributed by atoms with Crippen LogP contribution >= 0.6 is 0 Å². The van der Waals surface area contributed by atoms with Gasteiger partial charge in [0.25, 0.3) is 5.56 Å². The lowest BCUT2D eigenvalue weighted by Gasteiger charge is -2.15. The van der Waals surface area contributed by atoms with E-state index < -0.39 is 0 Å². The highest BCUT2D eigenvalue weighted by Crippen LogP contribution is 2.38. The zero-order valence-electron chi connectivity index (χ0n) is 13.9. The maximum Gasteiger partial charge on any atom is 0.253 e. The number of carbonyl (C=O) groups is 1. The van der Waals surface area contributed by atoms with Crippen molar-refractivity contribution < 1.29 is 4.79 Å². The van der Waals surface area contributed by atoms with Crippen molar-refractivity contribution in [1.29, 1.82) is 0 Å². The first-order valence-corrected chi connectivity index (χ1v) is 8.58. The normalized spacial score (nSPS) is 15.0. The number of benzene rings is 1. The number of aromatic nitrogens is 2. The molecule has 5 nitrogen and oxygen atoms in total. The van der Waals surface area contributed by atoms with E-state index in [1.807, 2.05) is 37.3 Å². The largest absolute Gasteiger partial charge is 0.354 e. The van der Waals surface area contributed by atoms with E-state index >= 15 is 0 Å². The molecule has 1 fully saturated rings. The van der Waals surface area contributed by atoms with Gasteiger partial charge in [-0.05, 0) is 24.8 Å². The van der Waals surface area contributed by atoms with Crippen LogP contribution in [0.5, 0.6) is 0 Å². The molecule has 0 saturated heterocycles. The molecular formula is C19H23N3O2. The maximum absolute atomic E-state index is 12.4. The quantitative estimate of drug-likeness (QED) is 0.850. The lowest BCUT2D eigenvalue weighted by molar-refractivity contribution is -0.122. The molecule has 1 aliphatic carbocycles. The molecule has 0 spiro atoms. The molecule has 1 aromatic carbocycles. The molecule has 1 amide bonds. The topological polar surface area (TPSA) is 64.0 Å². The number of hydrogen-bond acceptors (Lipinski definition) is 3. The Morgan fingerprint density at radius 1 is 1.33 bits per heavy atom. The van der Waals surface area contributed by atoms with Gasteiger partial charge in [0.1, 0.15) is 0 Å². The molecule has 1 N–H and O–H groups in total. The minimum absolute atomic E-state index is 0.000640. The van der Waals surface area contributed by atoms with Crippen LogP contribution < -0.4 is 10.9 Å². The Morgan fingerprint density at radius 3 is 2.71 bits per heavy atom. The highest BCUT2D eigenvalue weighted by Gasteiger charge is 2.25. The second kappa shape index (κ2) is 7.43. The van der Waals surface area contributed by atoms with Gasteiger partial charge in [-0.25, -0.2) is 4.98 Å². The van der Waals surface area contributed by atoms with E-state index in [4.69, 9.17) is 0 Å². The second-order valence-corrected chi connectivity index (χ2v) is 6.28. The molecule has 0 unspecified atom stereocenters. The van der Waals surface area contributed by atoms with E-state index in [9.17, 15) is 9.59 Å². The molecule has 126 valence electrons. The highest BCUT2D eigenvalue weighted by atomic mass is 16.2. The smallest absolute Gasteiger partial charge is 0.253 e. The summed E-state index contributed by atoms with van der Waals surface area (Å²) in [6.07, 6.45) is 4.60. The van der Waals surface area contributed by atoms with Gasteiger partial charge >= 0.3 is 0 Å². The molecule has 0 aliphatic heterocycles. The Balaban J connectivity index is 1.55. The van der Waals surface area contributed by atoms with Crippen molar-refractivity contribution >= 4 is 5.91 Å². The molecule has 2 aromatic rings. The predicted octanol–water partition coefficient (Wildman–Crippen LogP) is 2.43. The van der Waals surface area contributed by atoms with E-state index in [1.165, 1.54) is 0 Å². The Hall–Kier alpha value is -2.43. The van der Waals surface area contributed by atoms with Crippen LogP contribution in [-0.2, 0) is 11.3 Å². The Labute approximate surface area is 141 Å². The lowest BCUT2D eigenvalue weighted by atomic mass is 9.96. The molecule has 24 heavy (non-hydrogen) atoms. The third-order valence-electron chi connectivity index (χ3n) is 4.47. The van der Waals surface area contributed by atoms with E-state index in [-0.39, 0.29) is 17.4 Å². The maximum atomic E-state index is 12.4. The van der Waals surface area contributed by atoms with Crippen LogP contribution in [0, 0.1) is 0 Å². The van der Waals surface area contributed by atoms with Crippen LogP contribution in [0.2, 0.25) is 0 Å². The van der Waals surface area contributed by atoms with Crippen molar-refractivity contribution in [3.63, 3.8) is 0 Å². The van der Waals surface area contributed by atoms with Crippen molar-refractivity contribution in [2.45, 2.75) is 44.6 Å². The zero-order valence-corrected chi connectivity index (χ0v) is 13.9. The van der Waals surface area contributed by atoms with Gasteiger partial charge in [-0.3, -0.25) is 14.2 Å². The molecule has 5 heteroatoms. The summed E-state index contributed by atoms with van der Waals surface area (Å²) >= 11 is 0. The molecule has 3 rings (SSSR count). The fourth-order valence-electron chi connectivity index (χ4n) is 2.89. The van der Waals surface area contributed by atoms with Crippen molar-refractivity contribution in [3.8, 4) is 0 Å². The van der Waals surface area contributed by atoms with E-state index in [0.29, 0.717) is 19.0 Å². The van der Waals surface area contributed by atoms with E-state index in [2.05, 4.69) is 10.3 Å². The average molecular weight is 325 g/mol. The summed E-state index contributed by atoms with van der Waals surface area (Å²) in [6.45, 7) is 2.86. The highest BCUT2D eigenvalue weighted by molar-refractivity contribution is 5.83. The Morgan fingerprint density at radius 2 is 2.08 bits per heavy atom. The fraction of sp³-hybridized carbons (Fsp3) is 0.421. The minimum Gasteiger partial charge on any atom is -0.354 e. The van der Waals surface area contributed by atoms with Gasteiger partial charge in [0, 0.05) is 25.1 Å². The summed E-state index contributed by atoms with van der Waals surface area (Å²) in [4.78, 5) is 28.8. The van der Waals surface area contributed by atoms with Crippen molar-refractivity contribution in [2.75, 3.05) is 6.54 Å². The number of carbonyl (C=O) groups excluding carboxylic acids is 1. The Bertz CT molecular complexity index is 751. The molecule has 1 saturated carbocycles. The molecule has 0 radical (unpaired) electrons. The van der Waals surface area contributed by atoms with Crippen LogP contribution in [0.4, 0.5) is 0 Å². The van der Waals surface area contributed by atoms with Crippen LogP contribution in [0.15, 0.2) is 47.5 Å². The molecule has 0 bridgehead atoms. The van der Waals surface area contributed by atoms with Crippen LogP contribution in [-0.4, -0.2) is 22.0 Å². The van der Waals surface area contributed by atoms with E-state index in [1.54, 1.807) is 17.0 Å². The van der Waals surface area contributed by atoms with Crippen molar-refractivity contribution in [2.24, 2.45) is 0 Å². The number of amides is 1. The predicted molar refractivity (Wildman–Crippen MR) is 93.0 cm³/mol. The zero-order chi connectivity index (χ0) is 16.9. The molecule has 1 heterocycles. The summed E-state index contributed by atoms with van der Waals surface area (Å²) in [6, 6.07) is 11.4. The van der Waals surface area contributed by atoms with Crippen molar-refractivity contribution in [1.82, 2.24) is 14.9 Å². The minimum atomic E-state index is -0.154. The summed E-state index contributed by atoms with van der Waals surface area (Å²) in [5.41, 5.74) is 1.87. The standard InChI is InChI=1S/C19H23N3O2/c1-2-16(14-6-4-3-5-7-14)19(24)20-10-11-22-13-21-17(12-18(22)23)15-8-9-15/h3-7,12-13,15-16H,2,8-11H2,1H3,(H,20,24)/t16-/m0/s1.